The monoisotopic (exact) mass is 861 g/mol. The van der Waals surface area contributed by atoms with E-state index >= 15 is 0 Å². The van der Waals surface area contributed by atoms with Gasteiger partial charge >= 0.3 is 16.4 Å². The van der Waals surface area contributed by atoms with Crippen LogP contribution in [0, 0.1) is 0 Å². The Labute approximate surface area is 358 Å². The lowest BCUT2D eigenvalue weighted by atomic mass is 9.99. The van der Waals surface area contributed by atoms with Crippen LogP contribution in [-0.2, 0) is 38.3 Å². The van der Waals surface area contributed by atoms with Gasteiger partial charge in [-0.3, -0.25) is 9.35 Å². The number of unbranched alkanes of at least 4 members (excludes halogenated alkanes) is 21. The fourth-order valence-electron chi connectivity index (χ4n) is 6.92. The SMILES string of the molecule is CCCC/C=C\C/C=C\CCCCCCCC(=O)OC(COCCCCCCCCCC/C=C\CCCCCCCC)COC1OC(CO)C(O)C(OS(=O)(=O)O)C1O. The van der Waals surface area contributed by atoms with Crippen molar-refractivity contribution in [3.05, 3.63) is 36.5 Å². The lowest BCUT2D eigenvalue weighted by Gasteiger charge is -2.41. The minimum Gasteiger partial charge on any atom is -0.457 e. The second-order valence-corrected chi connectivity index (χ2v) is 17.0. The smallest absolute Gasteiger partial charge is 0.397 e. The summed E-state index contributed by atoms with van der Waals surface area (Å²) in [6.45, 7) is 3.92. The largest absolute Gasteiger partial charge is 0.457 e. The first-order valence-corrected chi connectivity index (χ1v) is 24.6. The minimum absolute atomic E-state index is 0.0288. The van der Waals surface area contributed by atoms with E-state index in [9.17, 15) is 28.5 Å². The number of aliphatic hydroxyl groups is 3. The third-order valence-electron chi connectivity index (χ3n) is 10.5. The van der Waals surface area contributed by atoms with Gasteiger partial charge in [0, 0.05) is 13.0 Å². The van der Waals surface area contributed by atoms with Gasteiger partial charge in [0.15, 0.2) is 6.29 Å². The molecule has 12 nitrogen and oxygen atoms in total. The van der Waals surface area contributed by atoms with E-state index in [0.717, 1.165) is 64.2 Å². The first-order valence-electron chi connectivity index (χ1n) is 23.2. The van der Waals surface area contributed by atoms with Gasteiger partial charge in [0.2, 0.25) is 0 Å². The zero-order valence-electron chi connectivity index (χ0n) is 36.8. The predicted molar refractivity (Wildman–Crippen MR) is 234 cm³/mol. The normalized spacial score (nSPS) is 20.7. The number of allylic oxidation sites excluding steroid dienone is 6. The van der Waals surface area contributed by atoms with Crippen molar-refractivity contribution in [2.45, 2.75) is 224 Å². The summed E-state index contributed by atoms with van der Waals surface area (Å²) in [4.78, 5) is 12.8. The molecule has 0 radical (unpaired) electrons. The van der Waals surface area contributed by atoms with E-state index in [1.54, 1.807) is 0 Å². The van der Waals surface area contributed by atoms with E-state index in [1.165, 1.54) is 96.3 Å². The maximum atomic E-state index is 12.8. The van der Waals surface area contributed by atoms with Crippen molar-refractivity contribution < 1.29 is 56.2 Å². The Morgan fingerprint density at radius 1 is 0.644 bits per heavy atom. The predicted octanol–water partition coefficient (Wildman–Crippen LogP) is 9.80. The van der Waals surface area contributed by atoms with Crippen LogP contribution >= 0.6 is 0 Å². The second-order valence-electron chi connectivity index (χ2n) is 16.0. The molecule has 0 amide bonds. The number of ether oxygens (including phenoxy) is 4. The summed E-state index contributed by atoms with van der Waals surface area (Å²) in [5.41, 5.74) is 0. The van der Waals surface area contributed by atoms with Crippen LogP contribution < -0.4 is 0 Å². The van der Waals surface area contributed by atoms with Gasteiger partial charge in [-0.25, -0.2) is 4.18 Å². The molecule has 1 aliphatic rings. The Morgan fingerprint density at radius 2 is 1.14 bits per heavy atom. The molecule has 1 rings (SSSR count). The summed E-state index contributed by atoms with van der Waals surface area (Å²) >= 11 is 0. The maximum absolute atomic E-state index is 12.8. The second kappa shape index (κ2) is 38.0. The molecule has 1 fully saturated rings. The summed E-state index contributed by atoms with van der Waals surface area (Å²) in [5.74, 6) is -0.414. The Morgan fingerprint density at radius 3 is 1.68 bits per heavy atom. The molecule has 4 N–H and O–H groups in total. The first kappa shape index (κ1) is 55.3. The average molecular weight is 861 g/mol. The quantitative estimate of drug-likeness (QED) is 0.0199. The number of esters is 1. The molecule has 59 heavy (non-hydrogen) atoms. The van der Waals surface area contributed by atoms with Gasteiger partial charge in [0.05, 0.1) is 19.8 Å². The molecule has 0 aromatic rings. The molecule has 6 atom stereocenters. The molecular weight excluding hydrogens is 777 g/mol. The van der Waals surface area contributed by atoms with E-state index in [1.807, 2.05) is 0 Å². The number of hydrogen-bond donors (Lipinski definition) is 4. The van der Waals surface area contributed by atoms with Crippen molar-refractivity contribution >= 4 is 16.4 Å². The van der Waals surface area contributed by atoms with Crippen LogP contribution in [0.2, 0.25) is 0 Å². The molecule has 0 aromatic heterocycles. The minimum atomic E-state index is -5.06. The van der Waals surface area contributed by atoms with Crippen LogP contribution in [0.15, 0.2) is 36.5 Å². The van der Waals surface area contributed by atoms with Gasteiger partial charge < -0.3 is 34.3 Å². The summed E-state index contributed by atoms with van der Waals surface area (Å²) in [6, 6.07) is 0. The van der Waals surface area contributed by atoms with Crippen molar-refractivity contribution in [3.8, 4) is 0 Å². The molecule has 1 aliphatic heterocycles. The summed E-state index contributed by atoms with van der Waals surface area (Å²) in [5, 5.41) is 30.7. The van der Waals surface area contributed by atoms with Crippen LogP contribution in [0.4, 0.5) is 0 Å². The fourth-order valence-corrected chi connectivity index (χ4v) is 7.43. The van der Waals surface area contributed by atoms with Crippen LogP contribution in [0.25, 0.3) is 0 Å². The summed E-state index contributed by atoms with van der Waals surface area (Å²) in [6.07, 6.45) is 34.6. The molecule has 13 heteroatoms. The molecule has 6 unspecified atom stereocenters. The molecule has 0 saturated carbocycles. The van der Waals surface area contributed by atoms with E-state index < -0.39 is 59.8 Å². The zero-order valence-corrected chi connectivity index (χ0v) is 37.6. The fraction of sp³-hybridized carbons (Fsp3) is 0.848. The van der Waals surface area contributed by atoms with E-state index in [0.29, 0.717) is 13.0 Å². The summed E-state index contributed by atoms with van der Waals surface area (Å²) in [7, 11) is -5.06. The van der Waals surface area contributed by atoms with Crippen molar-refractivity contribution in [2.24, 2.45) is 0 Å². The highest BCUT2D eigenvalue weighted by atomic mass is 32.3. The van der Waals surface area contributed by atoms with Gasteiger partial charge in [0.1, 0.15) is 30.5 Å². The summed E-state index contributed by atoms with van der Waals surface area (Å²) < 4.78 is 59.1. The lowest BCUT2D eigenvalue weighted by molar-refractivity contribution is -0.301. The van der Waals surface area contributed by atoms with E-state index in [2.05, 4.69) is 54.5 Å². The highest BCUT2D eigenvalue weighted by molar-refractivity contribution is 7.80. The van der Waals surface area contributed by atoms with Gasteiger partial charge in [-0.2, -0.15) is 8.42 Å². The number of aliphatic hydroxyl groups excluding tert-OH is 3. The Bertz CT molecular complexity index is 1180. The molecule has 1 heterocycles. The number of rotatable bonds is 40. The number of carbonyl (C=O) groups excluding carboxylic acids is 1. The highest BCUT2D eigenvalue weighted by Crippen LogP contribution is 2.26. The van der Waals surface area contributed by atoms with Crippen molar-refractivity contribution in [1.29, 1.82) is 0 Å². The van der Waals surface area contributed by atoms with Gasteiger partial charge in [-0.05, 0) is 64.2 Å². The lowest BCUT2D eigenvalue weighted by Crippen LogP contribution is -2.60. The van der Waals surface area contributed by atoms with Crippen molar-refractivity contribution in [1.82, 2.24) is 0 Å². The maximum Gasteiger partial charge on any atom is 0.397 e. The number of carbonyl (C=O) groups is 1. The molecule has 346 valence electrons. The Balaban J connectivity index is 2.42. The van der Waals surface area contributed by atoms with Crippen LogP contribution in [-0.4, -0.2) is 97.5 Å². The average Bonchev–Trinajstić information content (AvgIpc) is 3.20. The van der Waals surface area contributed by atoms with E-state index in [-0.39, 0.29) is 19.6 Å². The third kappa shape index (κ3) is 31.8. The van der Waals surface area contributed by atoms with Gasteiger partial charge in [0.25, 0.3) is 0 Å². The molecular formula is C46H84O12S. The highest BCUT2D eigenvalue weighted by Gasteiger charge is 2.48. The van der Waals surface area contributed by atoms with Crippen LogP contribution in [0.3, 0.4) is 0 Å². The number of hydrogen-bond acceptors (Lipinski definition) is 11. The van der Waals surface area contributed by atoms with Crippen molar-refractivity contribution in [2.75, 3.05) is 26.4 Å². The molecule has 0 spiro atoms. The standard InChI is InChI=1S/C46H84O12S/c1-3-5-7-9-11-13-15-17-19-20-21-22-24-26-28-30-32-34-36-54-38-40(39-55-46-44(50)45(58-59(51,52)53)43(49)41(37-47)57-46)56-42(48)35-33-31-29-27-25-23-18-16-14-12-10-8-6-4-2/h10,12,16-19,40-41,43-47,49-50H,3-9,11,13-15,20-39H2,1-2H3,(H,51,52,53)/b12-10-,18-16-,19-17-. The first-order chi connectivity index (χ1) is 28.6. The molecule has 0 bridgehead atoms. The van der Waals surface area contributed by atoms with Crippen LogP contribution in [0.5, 0.6) is 0 Å². The Hall–Kier alpha value is -1.68. The third-order valence-corrected chi connectivity index (χ3v) is 11.0. The van der Waals surface area contributed by atoms with Crippen LogP contribution in [0.1, 0.15) is 187 Å². The Kier molecular flexibility index (Phi) is 35.7. The molecule has 0 aromatic carbocycles. The molecule has 0 aliphatic carbocycles. The van der Waals surface area contributed by atoms with Gasteiger partial charge in [-0.15, -0.1) is 0 Å². The molecule has 1 saturated heterocycles. The van der Waals surface area contributed by atoms with Gasteiger partial charge in [-0.1, -0.05) is 153 Å². The van der Waals surface area contributed by atoms with E-state index in [4.69, 9.17) is 23.5 Å². The topological polar surface area (TPSA) is 178 Å². The zero-order chi connectivity index (χ0) is 43.2. The van der Waals surface area contributed by atoms with Crippen molar-refractivity contribution in [3.63, 3.8) is 0 Å².